The molecule has 0 unspecified atom stereocenters. The van der Waals surface area contributed by atoms with Crippen molar-refractivity contribution in [1.82, 2.24) is 0 Å². The molecule has 0 amide bonds. The molecule has 3 heteroatoms. The van der Waals surface area contributed by atoms with E-state index >= 15 is 0 Å². The van der Waals surface area contributed by atoms with Gasteiger partial charge < -0.3 is 0 Å². The lowest BCUT2D eigenvalue weighted by Crippen LogP contribution is -1.85. The van der Waals surface area contributed by atoms with Gasteiger partial charge in [-0.25, -0.2) is 8.78 Å². The van der Waals surface area contributed by atoms with Crippen molar-refractivity contribution >= 4 is 11.6 Å². The van der Waals surface area contributed by atoms with Crippen LogP contribution in [0.25, 0.3) is 11.1 Å². The topological polar surface area (TPSA) is 0 Å². The van der Waals surface area contributed by atoms with Crippen LogP contribution in [0.4, 0.5) is 8.78 Å². The standard InChI is InChI=1S/C12H7ClF2/c13-9-3-1-8(2-4-9)11-6-5-10(14)7-12(11)15/h1-7H. The average molecular weight is 225 g/mol. The Morgan fingerprint density at radius 1 is 0.867 bits per heavy atom. The molecule has 0 aliphatic carbocycles. The summed E-state index contributed by atoms with van der Waals surface area (Å²) < 4.78 is 26.0. The number of hydrogen-bond donors (Lipinski definition) is 0. The van der Waals surface area contributed by atoms with E-state index in [9.17, 15) is 8.78 Å². The number of halogens is 3. The summed E-state index contributed by atoms with van der Waals surface area (Å²) in [6, 6.07) is 10.2. The normalized spacial score (nSPS) is 10.3. The molecule has 0 spiro atoms. The third kappa shape index (κ3) is 2.16. The minimum atomic E-state index is -0.579. The second-order valence-corrected chi connectivity index (χ2v) is 3.57. The average Bonchev–Trinajstić information content (AvgIpc) is 2.20. The maximum atomic E-state index is 13.4. The van der Waals surface area contributed by atoms with E-state index in [0.717, 1.165) is 6.07 Å². The van der Waals surface area contributed by atoms with Gasteiger partial charge in [0.25, 0.3) is 0 Å². The van der Waals surface area contributed by atoms with Crippen molar-refractivity contribution in [3.63, 3.8) is 0 Å². The molecular formula is C12H7ClF2. The summed E-state index contributed by atoms with van der Waals surface area (Å²) in [5, 5.41) is 0.585. The lowest BCUT2D eigenvalue weighted by Gasteiger charge is -2.03. The SMILES string of the molecule is Fc1ccc(-c2ccc(Cl)cc2)c(F)c1. The zero-order valence-corrected chi connectivity index (χ0v) is 8.43. The minimum absolute atomic E-state index is 0.369. The van der Waals surface area contributed by atoms with E-state index in [1.54, 1.807) is 24.3 Å². The van der Waals surface area contributed by atoms with Crippen molar-refractivity contribution in [2.75, 3.05) is 0 Å². The second kappa shape index (κ2) is 3.99. The molecular weight excluding hydrogens is 218 g/mol. The highest BCUT2D eigenvalue weighted by molar-refractivity contribution is 6.30. The van der Waals surface area contributed by atoms with Crippen LogP contribution in [0.15, 0.2) is 42.5 Å². The summed E-state index contributed by atoms with van der Waals surface area (Å²) in [5.41, 5.74) is 1.05. The minimum Gasteiger partial charge on any atom is -0.207 e. The molecule has 0 atom stereocenters. The van der Waals surface area contributed by atoms with Crippen molar-refractivity contribution in [1.29, 1.82) is 0 Å². The van der Waals surface area contributed by atoms with Crippen LogP contribution in [-0.4, -0.2) is 0 Å². The van der Waals surface area contributed by atoms with E-state index in [2.05, 4.69) is 0 Å². The fraction of sp³-hybridized carbons (Fsp3) is 0. The first-order valence-corrected chi connectivity index (χ1v) is 4.75. The monoisotopic (exact) mass is 224 g/mol. The van der Waals surface area contributed by atoms with Crippen LogP contribution in [-0.2, 0) is 0 Å². The van der Waals surface area contributed by atoms with Crippen molar-refractivity contribution in [2.24, 2.45) is 0 Å². The van der Waals surface area contributed by atoms with Gasteiger partial charge in [-0.2, -0.15) is 0 Å². The fourth-order valence-electron chi connectivity index (χ4n) is 1.35. The van der Waals surface area contributed by atoms with Crippen LogP contribution in [0.5, 0.6) is 0 Å². The summed E-state index contributed by atoms with van der Waals surface area (Å²) >= 11 is 5.71. The lowest BCUT2D eigenvalue weighted by atomic mass is 10.1. The maximum absolute atomic E-state index is 13.4. The van der Waals surface area contributed by atoms with Crippen molar-refractivity contribution < 1.29 is 8.78 Å². The zero-order valence-electron chi connectivity index (χ0n) is 7.68. The number of benzene rings is 2. The Hall–Kier alpha value is -1.41. The molecule has 0 aliphatic rings. The Balaban J connectivity index is 2.49. The van der Waals surface area contributed by atoms with E-state index in [-0.39, 0.29) is 0 Å². The van der Waals surface area contributed by atoms with Gasteiger partial charge >= 0.3 is 0 Å². The van der Waals surface area contributed by atoms with Crippen LogP contribution in [0.2, 0.25) is 5.02 Å². The molecule has 0 saturated heterocycles. The Morgan fingerprint density at radius 2 is 1.53 bits per heavy atom. The molecule has 0 saturated carbocycles. The summed E-state index contributed by atoms with van der Waals surface area (Å²) in [6.07, 6.45) is 0. The molecule has 2 aromatic carbocycles. The van der Waals surface area contributed by atoms with Crippen LogP contribution < -0.4 is 0 Å². The first-order valence-electron chi connectivity index (χ1n) is 4.38. The van der Waals surface area contributed by atoms with Gasteiger partial charge in [0.2, 0.25) is 0 Å². The van der Waals surface area contributed by atoms with E-state index < -0.39 is 11.6 Å². The van der Waals surface area contributed by atoms with Crippen molar-refractivity contribution in [3.8, 4) is 11.1 Å². The zero-order chi connectivity index (χ0) is 10.8. The maximum Gasteiger partial charge on any atom is 0.133 e. The highest BCUT2D eigenvalue weighted by Gasteiger charge is 2.05. The molecule has 0 bridgehead atoms. The number of rotatable bonds is 1. The van der Waals surface area contributed by atoms with E-state index in [1.807, 2.05) is 0 Å². The van der Waals surface area contributed by atoms with Gasteiger partial charge in [-0.05, 0) is 29.8 Å². The van der Waals surface area contributed by atoms with E-state index in [4.69, 9.17) is 11.6 Å². The summed E-state index contributed by atoms with van der Waals surface area (Å²) in [5.74, 6) is -1.15. The molecule has 0 N–H and O–H groups in total. The largest absolute Gasteiger partial charge is 0.207 e. The van der Waals surface area contributed by atoms with Crippen molar-refractivity contribution in [3.05, 3.63) is 59.1 Å². The Labute approximate surface area is 91.1 Å². The van der Waals surface area contributed by atoms with E-state index in [0.29, 0.717) is 16.1 Å². The van der Waals surface area contributed by atoms with Crippen LogP contribution in [0.3, 0.4) is 0 Å². The molecule has 0 nitrogen and oxygen atoms in total. The summed E-state index contributed by atoms with van der Waals surface area (Å²) in [7, 11) is 0. The Kier molecular flexibility index (Phi) is 2.69. The lowest BCUT2D eigenvalue weighted by molar-refractivity contribution is 0.585. The van der Waals surface area contributed by atoms with E-state index in [1.165, 1.54) is 12.1 Å². The molecule has 76 valence electrons. The summed E-state index contributed by atoms with van der Waals surface area (Å²) in [4.78, 5) is 0. The van der Waals surface area contributed by atoms with Gasteiger partial charge in [-0.1, -0.05) is 23.7 Å². The van der Waals surface area contributed by atoms with Gasteiger partial charge in [0, 0.05) is 16.7 Å². The molecule has 2 rings (SSSR count). The molecule has 0 aliphatic heterocycles. The first kappa shape index (κ1) is 10.1. The predicted molar refractivity (Wildman–Crippen MR) is 56.8 cm³/mol. The van der Waals surface area contributed by atoms with Gasteiger partial charge in [-0.15, -0.1) is 0 Å². The second-order valence-electron chi connectivity index (χ2n) is 3.13. The molecule has 0 radical (unpaired) electrons. The molecule has 0 aromatic heterocycles. The smallest absolute Gasteiger partial charge is 0.133 e. The quantitative estimate of drug-likeness (QED) is 0.678. The van der Waals surface area contributed by atoms with Gasteiger partial charge in [-0.3, -0.25) is 0 Å². The van der Waals surface area contributed by atoms with Gasteiger partial charge in [0.1, 0.15) is 11.6 Å². The van der Waals surface area contributed by atoms with Gasteiger partial charge in [0.15, 0.2) is 0 Å². The third-order valence-electron chi connectivity index (χ3n) is 2.09. The van der Waals surface area contributed by atoms with Crippen LogP contribution in [0, 0.1) is 11.6 Å². The molecule has 15 heavy (non-hydrogen) atoms. The van der Waals surface area contributed by atoms with Gasteiger partial charge in [0.05, 0.1) is 0 Å². The van der Waals surface area contributed by atoms with Crippen molar-refractivity contribution in [2.45, 2.75) is 0 Å². The highest BCUT2D eigenvalue weighted by Crippen LogP contribution is 2.24. The number of hydrogen-bond acceptors (Lipinski definition) is 0. The summed E-state index contributed by atoms with van der Waals surface area (Å²) in [6.45, 7) is 0. The third-order valence-corrected chi connectivity index (χ3v) is 2.34. The first-order chi connectivity index (χ1) is 7.16. The molecule has 0 fully saturated rings. The fourth-order valence-corrected chi connectivity index (χ4v) is 1.48. The van der Waals surface area contributed by atoms with Crippen LogP contribution in [0.1, 0.15) is 0 Å². The Bertz CT molecular complexity index is 477. The predicted octanol–water partition coefficient (Wildman–Crippen LogP) is 4.29. The van der Waals surface area contributed by atoms with Crippen LogP contribution >= 0.6 is 11.6 Å². The highest BCUT2D eigenvalue weighted by atomic mass is 35.5. The molecule has 2 aromatic rings. The molecule has 0 heterocycles. The Morgan fingerprint density at radius 3 is 2.13 bits per heavy atom.